The lowest BCUT2D eigenvalue weighted by Gasteiger charge is -2.31. The van der Waals surface area contributed by atoms with Crippen molar-refractivity contribution in [3.63, 3.8) is 0 Å². The van der Waals surface area contributed by atoms with Gasteiger partial charge >= 0.3 is 0 Å². The maximum atomic E-state index is 5.81. The first-order chi connectivity index (χ1) is 8.10. The van der Waals surface area contributed by atoms with Crippen molar-refractivity contribution < 1.29 is 0 Å². The van der Waals surface area contributed by atoms with Crippen molar-refractivity contribution in [3.05, 3.63) is 21.8 Å². The van der Waals surface area contributed by atoms with E-state index in [4.69, 9.17) is 5.73 Å². The fraction of sp³-hybridized carbons (Fsp3) is 0.571. The molecule has 0 fully saturated rings. The molecule has 0 saturated heterocycles. The van der Waals surface area contributed by atoms with E-state index < -0.39 is 0 Å². The van der Waals surface area contributed by atoms with Crippen molar-refractivity contribution in [1.82, 2.24) is 0 Å². The van der Waals surface area contributed by atoms with Gasteiger partial charge in [-0.25, -0.2) is 0 Å². The normalized spacial score (nSPS) is 12.5. The van der Waals surface area contributed by atoms with Gasteiger partial charge < -0.3 is 10.6 Å². The lowest BCUT2D eigenvalue weighted by atomic mass is 10.1. The molecule has 0 aromatic heterocycles. The number of nitrogen functional groups attached to an aromatic ring is 1. The Bertz CT molecular complexity index is 352. The molecule has 0 saturated carbocycles. The first-order valence-electron chi connectivity index (χ1n) is 6.41. The third-order valence-electron chi connectivity index (χ3n) is 3.16. The van der Waals surface area contributed by atoms with Crippen LogP contribution in [0.1, 0.15) is 40.0 Å². The van der Waals surface area contributed by atoms with Crippen LogP contribution in [0.4, 0.5) is 11.4 Å². The van der Waals surface area contributed by atoms with Gasteiger partial charge in [-0.05, 0) is 60.6 Å². The van der Waals surface area contributed by atoms with Crippen molar-refractivity contribution in [2.75, 3.05) is 17.2 Å². The molecule has 96 valence electrons. The van der Waals surface area contributed by atoms with Crippen LogP contribution >= 0.6 is 22.6 Å². The zero-order valence-corrected chi connectivity index (χ0v) is 13.2. The molecule has 0 heterocycles. The molecule has 0 spiro atoms. The summed E-state index contributed by atoms with van der Waals surface area (Å²) >= 11 is 2.38. The van der Waals surface area contributed by atoms with Gasteiger partial charge in [0.1, 0.15) is 0 Å². The average Bonchev–Trinajstić information content (AvgIpc) is 2.31. The maximum absolute atomic E-state index is 5.81. The topological polar surface area (TPSA) is 29.3 Å². The lowest BCUT2D eigenvalue weighted by Crippen LogP contribution is -2.34. The lowest BCUT2D eigenvalue weighted by molar-refractivity contribution is 0.595. The molecule has 1 unspecified atom stereocenters. The Hall–Kier alpha value is -0.450. The summed E-state index contributed by atoms with van der Waals surface area (Å²) in [5, 5.41) is 0. The second kappa shape index (κ2) is 7.09. The summed E-state index contributed by atoms with van der Waals surface area (Å²) in [6.07, 6.45) is 3.65. The predicted molar refractivity (Wildman–Crippen MR) is 85.6 cm³/mol. The highest BCUT2D eigenvalue weighted by atomic mass is 127. The predicted octanol–water partition coefficient (Wildman–Crippen LogP) is 4.28. The first-order valence-corrected chi connectivity index (χ1v) is 7.49. The summed E-state index contributed by atoms with van der Waals surface area (Å²) in [4.78, 5) is 2.50. The monoisotopic (exact) mass is 346 g/mol. The van der Waals surface area contributed by atoms with Crippen molar-refractivity contribution in [1.29, 1.82) is 0 Å². The molecule has 3 heteroatoms. The third kappa shape index (κ3) is 4.05. The number of anilines is 2. The molecular formula is C14H23IN2. The van der Waals surface area contributed by atoms with Crippen LogP contribution in [-0.4, -0.2) is 12.6 Å². The summed E-state index contributed by atoms with van der Waals surface area (Å²) in [5.41, 5.74) is 7.98. The Balaban J connectivity index is 2.95. The van der Waals surface area contributed by atoms with Crippen LogP contribution in [0.25, 0.3) is 0 Å². The number of nitrogens with two attached hydrogens (primary N) is 1. The van der Waals surface area contributed by atoms with E-state index in [1.165, 1.54) is 28.5 Å². The summed E-state index contributed by atoms with van der Waals surface area (Å²) < 4.78 is 1.25. The molecule has 1 aromatic carbocycles. The molecule has 2 N–H and O–H groups in total. The Morgan fingerprint density at radius 3 is 2.59 bits per heavy atom. The Morgan fingerprint density at radius 2 is 2.06 bits per heavy atom. The number of hydrogen-bond acceptors (Lipinski definition) is 2. The molecule has 2 nitrogen and oxygen atoms in total. The minimum atomic E-state index is 0.582. The maximum Gasteiger partial charge on any atom is 0.0505 e. The Labute approximate surface area is 119 Å². The van der Waals surface area contributed by atoms with Gasteiger partial charge in [0.05, 0.1) is 5.69 Å². The van der Waals surface area contributed by atoms with E-state index >= 15 is 0 Å². The van der Waals surface area contributed by atoms with Gasteiger partial charge in [0, 0.05) is 21.8 Å². The summed E-state index contributed by atoms with van der Waals surface area (Å²) in [6, 6.07) is 6.79. The smallest absolute Gasteiger partial charge is 0.0505 e. The molecule has 1 atom stereocenters. The Morgan fingerprint density at radius 1 is 1.35 bits per heavy atom. The summed E-state index contributed by atoms with van der Waals surface area (Å²) in [6.45, 7) is 7.91. The van der Waals surface area contributed by atoms with Gasteiger partial charge in [0.2, 0.25) is 0 Å². The molecule has 0 amide bonds. The van der Waals surface area contributed by atoms with E-state index in [0.717, 1.165) is 12.2 Å². The minimum absolute atomic E-state index is 0.582. The minimum Gasteiger partial charge on any atom is -0.399 e. The largest absolute Gasteiger partial charge is 0.399 e. The van der Waals surface area contributed by atoms with Crippen molar-refractivity contribution in [3.8, 4) is 0 Å². The number of benzene rings is 1. The molecule has 0 radical (unpaired) electrons. The second-order valence-electron chi connectivity index (χ2n) is 4.52. The molecule has 1 aromatic rings. The Kier molecular flexibility index (Phi) is 6.09. The van der Waals surface area contributed by atoms with E-state index in [1.54, 1.807) is 0 Å². The van der Waals surface area contributed by atoms with Crippen LogP contribution in [0.15, 0.2) is 18.2 Å². The van der Waals surface area contributed by atoms with E-state index in [9.17, 15) is 0 Å². The quantitative estimate of drug-likeness (QED) is 0.615. The zero-order valence-electron chi connectivity index (χ0n) is 11.0. The van der Waals surface area contributed by atoms with Crippen LogP contribution in [0.5, 0.6) is 0 Å². The van der Waals surface area contributed by atoms with Crippen molar-refractivity contribution >= 4 is 34.0 Å². The fourth-order valence-corrected chi connectivity index (χ4v) is 2.73. The standard InChI is InChI=1S/C14H23IN2/c1-4-6-9-17(11(3)5-2)14-8-7-12(16)10-13(14)15/h7-8,10-11H,4-6,9,16H2,1-3H3. The van der Waals surface area contributed by atoms with E-state index in [2.05, 4.69) is 60.4 Å². The summed E-state index contributed by atoms with van der Waals surface area (Å²) in [5.74, 6) is 0. The molecule has 0 aliphatic heterocycles. The molecule has 0 aliphatic carbocycles. The van der Waals surface area contributed by atoms with E-state index in [-0.39, 0.29) is 0 Å². The van der Waals surface area contributed by atoms with Gasteiger partial charge in [0.25, 0.3) is 0 Å². The van der Waals surface area contributed by atoms with Crippen molar-refractivity contribution in [2.24, 2.45) is 0 Å². The third-order valence-corrected chi connectivity index (χ3v) is 4.02. The van der Waals surface area contributed by atoms with Crippen LogP contribution < -0.4 is 10.6 Å². The summed E-state index contributed by atoms with van der Waals surface area (Å²) in [7, 11) is 0. The number of hydrogen-bond donors (Lipinski definition) is 1. The van der Waals surface area contributed by atoms with E-state index in [1.807, 2.05) is 6.07 Å². The highest BCUT2D eigenvalue weighted by Gasteiger charge is 2.14. The van der Waals surface area contributed by atoms with Gasteiger partial charge in [-0.15, -0.1) is 0 Å². The number of rotatable bonds is 6. The zero-order chi connectivity index (χ0) is 12.8. The molecule has 17 heavy (non-hydrogen) atoms. The van der Waals surface area contributed by atoms with Crippen LogP contribution in [0.2, 0.25) is 0 Å². The number of nitrogens with zero attached hydrogens (tertiary/aromatic N) is 1. The molecule has 0 bridgehead atoms. The van der Waals surface area contributed by atoms with Gasteiger partial charge in [-0.1, -0.05) is 20.3 Å². The van der Waals surface area contributed by atoms with Crippen LogP contribution in [-0.2, 0) is 0 Å². The van der Waals surface area contributed by atoms with Gasteiger partial charge in [0.15, 0.2) is 0 Å². The van der Waals surface area contributed by atoms with Crippen LogP contribution in [0.3, 0.4) is 0 Å². The molecule has 0 aliphatic rings. The molecular weight excluding hydrogens is 323 g/mol. The van der Waals surface area contributed by atoms with Crippen molar-refractivity contribution in [2.45, 2.75) is 46.1 Å². The number of unbranched alkanes of at least 4 members (excludes halogenated alkanes) is 1. The SMILES string of the molecule is CCCCN(c1ccc(N)cc1I)C(C)CC. The molecule has 1 rings (SSSR count). The van der Waals surface area contributed by atoms with Crippen LogP contribution in [0, 0.1) is 3.57 Å². The van der Waals surface area contributed by atoms with E-state index in [0.29, 0.717) is 6.04 Å². The fourth-order valence-electron chi connectivity index (χ4n) is 1.88. The van der Waals surface area contributed by atoms with Gasteiger partial charge in [-0.3, -0.25) is 0 Å². The highest BCUT2D eigenvalue weighted by Crippen LogP contribution is 2.27. The second-order valence-corrected chi connectivity index (χ2v) is 5.68. The first kappa shape index (κ1) is 14.6. The highest BCUT2D eigenvalue weighted by molar-refractivity contribution is 14.1. The van der Waals surface area contributed by atoms with Gasteiger partial charge in [-0.2, -0.15) is 0 Å². The number of halogens is 1. The average molecular weight is 346 g/mol.